The van der Waals surface area contributed by atoms with E-state index in [1.165, 1.54) is 6.26 Å². The number of amides is 1. The summed E-state index contributed by atoms with van der Waals surface area (Å²) < 4.78 is 44.2. The van der Waals surface area contributed by atoms with Crippen LogP contribution in [0.2, 0.25) is 0 Å². The molecule has 3 rings (SSSR count). The van der Waals surface area contributed by atoms with Crippen molar-refractivity contribution in [3.05, 3.63) is 35.9 Å². The zero-order valence-corrected chi connectivity index (χ0v) is 11.4. The van der Waals surface area contributed by atoms with Gasteiger partial charge in [0, 0.05) is 0 Å². The summed E-state index contributed by atoms with van der Waals surface area (Å²) in [5, 5.41) is 2.06. The highest BCUT2D eigenvalue weighted by atomic mass is 19.4. The van der Waals surface area contributed by atoms with Gasteiger partial charge in [-0.25, -0.2) is 0 Å². The van der Waals surface area contributed by atoms with E-state index < -0.39 is 29.1 Å². The zero-order chi connectivity index (χ0) is 15.1. The van der Waals surface area contributed by atoms with Gasteiger partial charge in [0.2, 0.25) is 5.91 Å². The van der Waals surface area contributed by atoms with Crippen LogP contribution in [0.1, 0.15) is 43.8 Å². The van der Waals surface area contributed by atoms with Crippen LogP contribution in [0.15, 0.2) is 34.6 Å². The van der Waals surface area contributed by atoms with Crippen molar-refractivity contribution in [3.8, 4) is 0 Å². The average molecular weight is 299 g/mol. The molecule has 0 radical (unpaired) electrons. The van der Waals surface area contributed by atoms with Gasteiger partial charge in [-0.3, -0.25) is 4.79 Å². The summed E-state index contributed by atoms with van der Waals surface area (Å²) in [7, 11) is 0. The molecule has 114 valence electrons. The molecule has 1 aromatic heterocycles. The standard InChI is InChI=1S/C15H16F3NO2/c16-15(17,18)12-9-10(11-5-4-8-21-11)14(13(20)19-12)6-2-1-3-7-14/h4-5,8-10H,1-3,6-7H2,(H,19,20). The molecule has 1 unspecified atom stereocenters. The molecule has 3 nitrogen and oxygen atoms in total. The topological polar surface area (TPSA) is 42.2 Å². The Bertz CT molecular complexity index is 554. The van der Waals surface area contributed by atoms with Gasteiger partial charge < -0.3 is 9.73 Å². The smallest absolute Gasteiger partial charge is 0.431 e. The summed E-state index contributed by atoms with van der Waals surface area (Å²) >= 11 is 0. The van der Waals surface area contributed by atoms with Gasteiger partial charge >= 0.3 is 6.18 Å². The number of carbonyl (C=O) groups is 1. The predicted octanol–water partition coefficient (Wildman–Crippen LogP) is 3.89. The molecular formula is C15H16F3NO2. The highest BCUT2D eigenvalue weighted by Gasteiger charge is 2.52. The molecule has 1 N–H and O–H groups in total. The second-order valence-corrected chi connectivity index (χ2v) is 5.74. The molecule has 0 bridgehead atoms. The van der Waals surface area contributed by atoms with Crippen molar-refractivity contribution in [2.24, 2.45) is 5.41 Å². The lowest BCUT2D eigenvalue weighted by molar-refractivity contribution is -0.140. The monoisotopic (exact) mass is 299 g/mol. The van der Waals surface area contributed by atoms with Crippen molar-refractivity contribution in [1.29, 1.82) is 0 Å². The van der Waals surface area contributed by atoms with E-state index in [1.807, 2.05) is 0 Å². The average Bonchev–Trinajstić information content (AvgIpc) is 2.95. The van der Waals surface area contributed by atoms with Crippen molar-refractivity contribution in [1.82, 2.24) is 5.32 Å². The van der Waals surface area contributed by atoms with Crippen LogP contribution in [-0.4, -0.2) is 12.1 Å². The van der Waals surface area contributed by atoms with Gasteiger partial charge in [0.05, 0.1) is 17.6 Å². The number of carbonyl (C=O) groups excluding carboxylic acids is 1. The van der Waals surface area contributed by atoms with Gasteiger partial charge in [0.1, 0.15) is 11.5 Å². The minimum absolute atomic E-state index is 0.425. The molecule has 1 fully saturated rings. The molecule has 0 aromatic carbocycles. The number of furan rings is 1. The molecule has 2 heterocycles. The molecule has 2 aliphatic rings. The molecule has 1 saturated carbocycles. The molecular weight excluding hydrogens is 283 g/mol. The summed E-state index contributed by atoms with van der Waals surface area (Å²) in [6.45, 7) is 0. The van der Waals surface area contributed by atoms with Crippen molar-refractivity contribution in [2.45, 2.75) is 44.2 Å². The van der Waals surface area contributed by atoms with Gasteiger partial charge in [-0.2, -0.15) is 13.2 Å². The van der Waals surface area contributed by atoms with Crippen LogP contribution >= 0.6 is 0 Å². The van der Waals surface area contributed by atoms with Gasteiger partial charge in [-0.15, -0.1) is 0 Å². The molecule has 1 amide bonds. The Morgan fingerprint density at radius 1 is 1.24 bits per heavy atom. The maximum absolute atomic E-state index is 13.0. The van der Waals surface area contributed by atoms with Crippen LogP contribution in [0.5, 0.6) is 0 Å². The summed E-state index contributed by atoms with van der Waals surface area (Å²) in [6.07, 6.45) is 1.87. The molecule has 1 aliphatic carbocycles. The van der Waals surface area contributed by atoms with Crippen LogP contribution in [0.4, 0.5) is 13.2 Å². The Kier molecular flexibility index (Phi) is 3.34. The van der Waals surface area contributed by atoms with E-state index in [0.29, 0.717) is 18.6 Å². The fourth-order valence-electron chi connectivity index (χ4n) is 3.46. The number of rotatable bonds is 1. The Balaban J connectivity index is 2.08. The number of allylic oxidation sites excluding steroid dienone is 2. The summed E-state index contributed by atoms with van der Waals surface area (Å²) in [4.78, 5) is 12.4. The van der Waals surface area contributed by atoms with E-state index in [1.54, 1.807) is 12.1 Å². The maximum Gasteiger partial charge on any atom is 0.431 e. The van der Waals surface area contributed by atoms with E-state index in [4.69, 9.17) is 4.42 Å². The first-order chi connectivity index (χ1) is 9.93. The van der Waals surface area contributed by atoms with Crippen molar-refractivity contribution in [3.63, 3.8) is 0 Å². The van der Waals surface area contributed by atoms with E-state index in [0.717, 1.165) is 25.3 Å². The first-order valence-electron chi connectivity index (χ1n) is 7.07. The van der Waals surface area contributed by atoms with E-state index >= 15 is 0 Å². The lowest BCUT2D eigenvalue weighted by atomic mass is 9.63. The summed E-state index contributed by atoms with van der Waals surface area (Å²) in [5.41, 5.74) is -1.80. The minimum Gasteiger partial charge on any atom is -0.469 e. The van der Waals surface area contributed by atoms with Crippen molar-refractivity contribution in [2.75, 3.05) is 0 Å². The number of nitrogens with one attached hydrogen (secondary N) is 1. The normalized spacial score (nSPS) is 25.6. The summed E-state index contributed by atoms with van der Waals surface area (Å²) in [5.74, 6) is -0.759. The molecule has 0 saturated heterocycles. The van der Waals surface area contributed by atoms with Gasteiger partial charge in [0.25, 0.3) is 0 Å². The largest absolute Gasteiger partial charge is 0.469 e. The van der Waals surface area contributed by atoms with E-state index in [-0.39, 0.29) is 0 Å². The Morgan fingerprint density at radius 2 is 1.95 bits per heavy atom. The first kappa shape index (κ1) is 14.2. The lowest BCUT2D eigenvalue weighted by Gasteiger charge is -2.43. The number of hydrogen-bond acceptors (Lipinski definition) is 2. The predicted molar refractivity (Wildman–Crippen MR) is 69.2 cm³/mol. The lowest BCUT2D eigenvalue weighted by Crippen LogP contribution is -2.51. The second-order valence-electron chi connectivity index (χ2n) is 5.74. The fourth-order valence-corrected chi connectivity index (χ4v) is 3.46. The molecule has 1 aliphatic heterocycles. The fraction of sp³-hybridized carbons (Fsp3) is 0.533. The minimum atomic E-state index is -4.56. The third kappa shape index (κ3) is 2.36. The quantitative estimate of drug-likeness (QED) is 0.855. The number of alkyl halides is 3. The SMILES string of the molecule is O=C1NC(C(F)(F)F)=CC(c2ccco2)C12CCCCC2. The Hall–Kier alpha value is -1.72. The molecule has 6 heteroatoms. The number of halogens is 3. The highest BCUT2D eigenvalue weighted by Crippen LogP contribution is 2.51. The highest BCUT2D eigenvalue weighted by molar-refractivity contribution is 5.87. The van der Waals surface area contributed by atoms with Gasteiger partial charge in [-0.1, -0.05) is 19.3 Å². The third-order valence-electron chi connectivity index (χ3n) is 4.53. The van der Waals surface area contributed by atoms with Crippen LogP contribution < -0.4 is 5.32 Å². The Labute approximate surface area is 120 Å². The van der Waals surface area contributed by atoms with Gasteiger partial charge in [0.15, 0.2) is 0 Å². The van der Waals surface area contributed by atoms with Crippen LogP contribution in [0, 0.1) is 5.41 Å². The Morgan fingerprint density at radius 3 is 2.52 bits per heavy atom. The first-order valence-corrected chi connectivity index (χ1v) is 7.07. The summed E-state index contributed by atoms with van der Waals surface area (Å²) in [6, 6.07) is 3.28. The van der Waals surface area contributed by atoms with E-state index in [9.17, 15) is 18.0 Å². The van der Waals surface area contributed by atoms with Crippen LogP contribution in [0.3, 0.4) is 0 Å². The number of hydrogen-bond donors (Lipinski definition) is 1. The van der Waals surface area contributed by atoms with E-state index in [2.05, 4.69) is 5.32 Å². The van der Waals surface area contributed by atoms with Crippen LogP contribution in [-0.2, 0) is 4.79 Å². The maximum atomic E-state index is 13.0. The van der Waals surface area contributed by atoms with Crippen molar-refractivity contribution < 1.29 is 22.4 Å². The molecule has 21 heavy (non-hydrogen) atoms. The molecule has 1 spiro atoms. The molecule has 1 atom stereocenters. The second kappa shape index (κ2) is 4.93. The van der Waals surface area contributed by atoms with Crippen LogP contribution in [0.25, 0.3) is 0 Å². The molecule has 1 aromatic rings. The third-order valence-corrected chi connectivity index (χ3v) is 4.53. The van der Waals surface area contributed by atoms with Gasteiger partial charge in [-0.05, 0) is 31.1 Å². The zero-order valence-electron chi connectivity index (χ0n) is 11.4. The van der Waals surface area contributed by atoms with Crippen molar-refractivity contribution >= 4 is 5.91 Å².